The number of rotatable bonds is 2. The van der Waals surface area contributed by atoms with Crippen LogP contribution in [-0.2, 0) is 6.42 Å². The van der Waals surface area contributed by atoms with E-state index in [1.165, 1.54) is 54.1 Å². The molecule has 1 aliphatic rings. The van der Waals surface area contributed by atoms with Gasteiger partial charge in [0.25, 0.3) is 0 Å². The van der Waals surface area contributed by atoms with Gasteiger partial charge in [0.05, 0.1) is 0 Å². The highest BCUT2D eigenvalue weighted by Gasteiger charge is 2.14. The van der Waals surface area contributed by atoms with Crippen LogP contribution in [0.25, 0.3) is 0 Å². The van der Waals surface area contributed by atoms with E-state index in [9.17, 15) is 0 Å². The number of halogens is 1. The molecule has 2 rings (SSSR count). The van der Waals surface area contributed by atoms with Crippen LogP contribution in [-0.4, -0.2) is 0 Å². The molecule has 1 aromatic carbocycles. The summed E-state index contributed by atoms with van der Waals surface area (Å²) in [4.78, 5) is 0. The molecule has 0 radical (unpaired) electrons. The maximum Gasteiger partial charge on any atom is 0.0178 e. The molecule has 82 valence electrons. The van der Waals surface area contributed by atoms with Crippen LogP contribution in [0.15, 0.2) is 22.7 Å². The van der Waals surface area contributed by atoms with Crippen LogP contribution in [0, 0.1) is 12.8 Å². The number of aryl methyl sites for hydroxylation is 1. The number of hydrogen-bond donors (Lipinski definition) is 0. The van der Waals surface area contributed by atoms with Gasteiger partial charge in [0.15, 0.2) is 0 Å². The SMILES string of the molecule is Cc1ccc(Br)cc1CC1CCCCC1. The maximum atomic E-state index is 3.56. The van der Waals surface area contributed by atoms with Crippen molar-refractivity contribution < 1.29 is 0 Å². The first-order valence-corrected chi connectivity index (χ1v) is 6.80. The molecule has 0 bridgehead atoms. The van der Waals surface area contributed by atoms with Crippen molar-refractivity contribution in [2.75, 3.05) is 0 Å². The van der Waals surface area contributed by atoms with Crippen LogP contribution in [0.5, 0.6) is 0 Å². The summed E-state index contributed by atoms with van der Waals surface area (Å²) in [7, 11) is 0. The minimum absolute atomic E-state index is 0.937. The maximum absolute atomic E-state index is 3.56. The Bertz CT molecular complexity index is 324. The molecule has 0 saturated heterocycles. The van der Waals surface area contributed by atoms with Gasteiger partial charge < -0.3 is 0 Å². The fourth-order valence-electron chi connectivity index (χ4n) is 2.56. The zero-order valence-electron chi connectivity index (χ0n) is 9.43. The summed E-state index contributed by atoms with van der Waals surface area (Å²) < 4.78 is 1.22. The van der Waals surface area contributed by atoms with E-state index in [-0.39, 0.29) is 0 Å². The van der Waals surface area contributed by atoms with Crippen molar-refractivity contribution in [3.63, 3.8) is 0 Å². The molecule has 0 nitrogen and oxygen atoms in total. The van der Waals surface area contributed by atoms with E-state index < -0.39 is 0 Å². The second-order valence-electron chi connectivity index (χ2n) is 4.78. The van der Waals surface area contributed by atoms with Crippen molar-refractivity contribution in [3.8, 4) is 0 Å². The molecule has 0 N–H and O–H groups in total. The van der Waals surface area contributed by atoms with Crippen molar-refractivity contribution >= 4 is 15.9 Å². The topological polar surface area (TPSA) is 0 Å². The van der Waals surface area contributed by atoms with Gasteiger partial charge in [-0.2, -0.15) is 0 Å². The Kier molecular flexibility index (Phi) is 3.85. The molecule has 0 aromatic heterocycles. The molecule has 1 saturated carbocycles. The minimum atomic E-state index is 0.937. The fourth-order valence-corrected chi connectivity index (χ4v) is 2.97. The third-order valence-electron chi connectivity index (χ3n) is 3.54. The van der Waals surface area contributed by atoms with Crippen LogP contribution in [0.4, 0.5) is 0 Å². The zero-order valence-corrected chi connectivity index (χ0v) is 11.0. The zero-order chi connectivity index (χ0) is 10.7. The molecule has 0 aliphatic heterocycles. The predicted octanol–water partition coefficient (Wildman–Crippen LogP) is 4.88. The van der Waals surface area contributed by atoms with Crippen molar-refractivity contribution in [1.82, 2.24) is 0 Å². The summed E-state index contributed by atoms with van der Waals surface area (Å²) in [5.41, 5.74) is 2.99. The second-order valence-corrected chi connectivity index (χ2v) is 5.69. The first-order chi connectivity index (χ1) is 7.25. The lowest BCUT2D eigenvalue weighted by Crippen LogP contribution is -2.09. The van der Waals surface area contributed by atoms with Crippen LogP contribution in [0.1, 0.15) is 43.2 Å². The largest absolute Gasteiger partial charge is 0.0579 e. The van der Waals surface area contributed by atoms with E-state index in [0.717, 1.165) is 5.92 Å². The smallest absolute Gasteiger partial charge is 0.0178 e. The quantitative estimate of drug-likeness (QED) is 0.716. The summed E-state index contributed by atoms with van der Waals surface area (Å²) in [6, 6.07) is 6.66. The Morgan fingerprint density at radius 3 is 2.67 bits per heavy atom. The van der Waals surface area contributed by atoms with Crippen LogP contribution in [0.2, 0.25) is 0 Å². The molecular formula is C14H19Br. The first kappa shape index (κ1) is 11.2. The van der Waals surface area contributed by atoms with Gasteiger partial charge in [-0.1, -0.05) is 54.1 Å². The molecule has 15 heavy (non-hydrogen) atoms. The van der Waals surface area contributed by atoms with Crippen molar-refractivity contribution in [3.05, 3.63) is 33.8 Å². The molecular weight excluding hydrogens is 248 g/mol. The van der Waals surface area contributed by atoms with Crippen molar-refractivity contribution in [2.45, 2.75) is 45.4 Å². The molecule has 0 spiro atoms. The van der Waals surface area contributed by atoms with Crippen LogP contribution >= 0.6 is 15.9 Å². The lowest BCUT2D eigenvalue weighted by Gasteiger charge is -2.22. The van der Waals surface area contributed by atoms with E-state index in [2.05, 4.69) is 41.1 Å². The third kappa shape index (κ3) is 3.07. The van der Waals surface area contributed by atoms with E-state index in [1.54, 1.807) is 0 Å². The van der Waals surface area contributed by atoms with Gasteiger partial charge in [0, 0.05) is 4.47 Å². The Morgan fingerprint density at radius 2 is 1.93 bits per heavy atom. The highest BCUT2D eigenvalue weighted by molar-refractivity contribution is 9.10. The average Bonchev–Trinajstić information content (AvgIpc) is 2.25. The van der Waals surface area contributed by atoms with Gasteiger partial charge in [-0.15, -0.1) is 0 Å². The molecule has 0 heterocycles. The number of benzene rings is 1. The molecule has 1 aromatic rings. The Labute approximate surface area is 101 Å². The molecule has 1 heteroatoms. The molecule has 0 amide bonds. The van der Waals surface area contributed by atoms with Gasteiger partial charge in [-0.05, 0) is 42.5 Å². The predicted molar refractivity (Wildman–Crippen MR) is 69.2 cm³/mol. The van der Waals surface area contributed by atoms with Gasteiger partial charge in [-0.3, -0.25) is 0 Å². The normalized spacial score (nSPS) is 18.0. The average molecular weight is 267 g/mol. The summed E-state index contributed by atoms with van der Waals surface area (Å²) >= 11 is 3.56. The highest BCUT2D eigenvalue weighted by atomic mass is 79.9. The van der Waals surface area contributed by atoms with Gasteiger partial charge in [0.1, 0.15) is 0 Å². The third-order valence-corrected chi connectivity index (χ3v) is 4.04. The minimum Gasteiger partial charge on any atom is -0.0579 e. The molecule has 1 aliphatic carbocycles. The lowest BCUT2D eigenvalue weighted by atomic mass is 9.84. The molecule has 1 fully saturated rings. The van der Waals surface area contributed by atoms with Gasteiger partial charge in [-0.25, -0.2) is 0 Å². The summed E-state index contributed by atoms with van der Waals surface area (Å²) in [5.74, 6) is 0.937. The first-order valence-electron chi connectivity index (χ1n) is 6.01. The molecule has 0 atom stereocenters. The van der Waals surface area contributed by atoms with Crippen LogP contribution in [0.3, 0.4) is 0 Å². The molecule has 0 unspecified atom stereocenters. The van der Waals surface area contributed by atoms with E-state index in [1.807, 2.05) is 0 Å². The monoisotopic (exact) mass is 266 g/mol. The fraction of sp³-hybridized carbons (Fsp3) is 0.571. The van der Waals surface area contributed by atoms with E-state index in [0.29, 0.717) is 0 Å². The number of hydrogen-bond acceptors (Lipinski definition) is 0. The van der Waals surface area contributed by atoms with E-state index in [4.69, 9.17) is 0 Å². The Balaban J connectivity index is 2.05. The van der Waals surface area contributed by atoms with Crippen LogP contribution < -0.4 is 0 Å². The van der Waals surface area contributed by atoms with Gasteiger partial charge in [0.2, 0.25) is 0 Å². The standard InChI is InChI=1S/C14H19Br/c1-11-7-8-14(15)10-13(11)9-12-5-3-2-4-6-12/h7-8,10,12H,2-6,9H2,1H3. The second kappa shape index (κ2) is 5.16. The van der Waals surface area contributed by atoms with Gasteiger partial charge >= 0.3 is 0 Å². The summed E-state index contributed by atoms with van der Waals surface area (Å²) in [6.07, 6.45) is 8.49. The van der Waals surface area contributed by atoms with E-state index >= 15 is 0 Å². The Morgan fingerprint density at radius 1 is 1.20 bits per heavy atom. The highest BCUT2D eigenvalue weighted by Crippen LogP contribution is 2.28. The van der Waals surface area contributed by atoms with Crippen molar-refractivity contribution in [1.29, 1.82) is 0 Å². The van der Waals surface area contributed by atoms with Crippen molar-refractivity contribution in [2.24, 2.45) is 5.92 Å². The Hall–Kier alpha value is -0.300. The summed E-state index contributed by atoms with van der Waals surface area (Å²) in [5, 5.41) is 0. The lowest BCUT2D eigenvalue weighted by molar-refractivity contribution is 0.356. The summed E-state index contributed by atoms with van der Waals surface area (Å²) in [6.45, 7) is 2.23.